The van der Waals surface area contributed by atoms with Gasteiger partial charge in [-0.1, -0.05) is 30.3 Å². The van der Waals surface area contributed by atoms with Gasteiger partial charge in [-0.2, -0.15) is 0 Å². The SMILES string of the molecule is COc1ccc2c(c1)c(C)cn2Cc1ccccc1. The summed E-state index contributed by atoms with van der Waals surface area (Å²) in [6.45, 7) is 3.04. The molecule has 2 nitrogen and oxygen atoms in total. The van der Waals surface area contributed by atoms with E-state index in [0.717, 1.165) is 12.3 Å². The van der Waals surface area contributed by atoms with E-state index in [9.17, 15) is 0 Å². The molecule has 0 unspecified atom stereocenters. The van der Waals surface area contributed by atoms with Crippen molar-refractivity contribution in [3.05, 3.63) is 65.9 Å². The van der Waals surface area contributed by atoms with E-state index < -0.39 is 0 Å². The summed E-state index contributed by atoms with van der Waals surface area (Å²) in [5.41, 5.74) is 3.85. The number of aromatic nitrogens is 1. The number of methoxy groups -OCH3 is 1. The molecule has 3 aromatic rings. The summed E-state index contributed by atoms with van der Waals surface area (Å²) in [6.07, 6.45) is 2.21. The molecule has 0 spiro atoms. The lowest BCUT2D eigenvalue weighted by atomic mass is 10.2. The smallest absolute Gasteiger partial charge is 0.119 e. The minimum absolute atomic E-state index is 0.900. The van der Waals surface area contributed by atoms with E-state index in [1.165, 1.54) is 22.0 Å². The van der Waals surface area contributed by atoms with Crippen LogP contribution in [0.15, 0.2) is 54.7 Å². The topological polar surface area (TPSA) is 14.2 Å². The monoisotopic (exact) mass is 251 g/mol. The lowest BCUT2D eigenvalue weighted by molar-refractivity contribution is 0.415. The van der Waals surface area contributed by atoms with Gasteiger partial charge in [0.05, 0.1) is 7.11 Å². The van der Waals surface area contributed by atoms with Crippen molar-refractivity contribution in [2.24, 2.45) is 0 Å². The van der Waals surface area contributed by atoms with Gasteiger partial charge >= 0.3 is 0 Å². The lowest BCUT2D eigenvalue weighted by Crippen LogP contribution is -1.97. The highest BCUT2D eigenvalue weighted by Gasteiger charge is 2.07. The second-order valence-electron chi connectivity index (χ2n) is 4.81. The number of rotatable bonds is 3. The van der Waals surface area contributed by atoms with Gasteiger partial charge in [0.1, 0.15) is 5.75 Å². The molecule has 0 amide bonds. The van der Waals surface area contributed by atoms with Crippen molar-refractivity contribution in [1.29, 1.82) is 0 Å². The van der Waals surface area contributed by atoms with Crippen LogP contribution < -0.4 is 4.74 Å². The van der Waals surface area contributed by atoms with Gasteiger partial charge in [-0.15, -0.1) is 0 Å². The fraction of sp³-hybridized carbons (Fsp3) is 0.176. The van der Waals surface area contributed by atoms with Crippen molar-refractivity contribution in [1.82, 2.24) is 4.57 Å². The van der Waals surface area contributed by atoms with Crippen LogP contribution >= 0.6 is 0 Å². The summed E-state index contributed by atoms with van der Waals surface area (Å²) in [4.78, 5) is 0. The van der Waals surface area contributed by atoms with E-state index in [1.807, 2.05) is 12.1 Å². The Bertz CT molecular complexity index is 698. The minimum atomic E-state index is 0.900. The standard InChI is InChI=1S/C17H17NO/c1-13-11-18(12-14-6-4-3-5-7-14)17-9-8-15(19-2)10-16(13)17/h3-11H,12H2,1-2H3. The van der Waals surface area contributed by atoms with E-state index >= 15 is 0 Å². The Morgan fingerprint density at radius 3 is 2.58 bits per heavy atom. The third-order valence-electron chi connectivity index (χ3n) is 3.48. The van der Waals surface area contributed by atoms with Crippen LogP contribution in [0.3, 0.4) is 0 Å². The maximum atomic E-state index is 5.30. The summed E-state index contributed by atoms with van der Waals surface area (Å²) in [6, 6.07) is 16.8. The highest BCUT2D eigenvalue weighted by atomic mass is 16.5. The van der Waals surface area contributed by atoms with Gasteiger partial charge in [0, 0.05) is 23.6 Å². The quantitative estimate of drug-likeness (QED) is 0.686. The van der Waals surface area contributed by atoms with E-state index in [0.29, 0.717) is 0 Å². The third-order valence-corrected chi connectivity index (χ3v) is 3.48. The molecule has 0 N–H and O–H groups in total. The zero-order valence-electron chi connectivity index (χ0n) is 11.3. The van der Waals surface area contributed by atoms with Crippen molar-refractivity contribution in [2.75, 3.05) is 7.11 Å². The van der Waals surface area contributed by atoms with Gasteiger partial charge in [-0.05, 0) is 36.2 Å². The minimum Gasteiger partial charge on any atom is -0.497 e. The zero-order valence-corrected chi connectivity index (χ0v) is 11.3. The van der Waals surface area contributed by atoms with Crippen LogP contribution in [0.1, 0.15) is 11.1 Å². The van der Waals surface area contributed by atoms with Gasteiger partial charge in [-0.3, -0.25) is 0 Å². The Balaban J connectivity index is 2.05. The van der Waals surface area contributed by atoms with Gasteiger partial charge in [0.15, 0.2) is 0 Å². The summed E-state index contributed by atoms with van der Waals surface area (Å²) in [5.74, 6) is 0.910. The number of hydrogen-bond acceptors (Lipinski definition) is 1. The van der Waals surface area contributed by atoms with Gasteiger partial charge in [0.25, 0.3) is 0 Å². The molecule has 0 fully saturated rings. The molecular formula is C17H17NO. The maximum Gasteiger partial charge on any atom is 0.119 e. The largest absolute Gasteiger partial charge is 0.497 e. The van der Waals surface area contributed by atoms with E-state index in [4.69, 9.17) is 4.74 Å². The van der Waals surface area contributed by atoms with Gasteiger partial charge in [-0.25, -0.2) is 0 Å². The molecule has 1 aromatic heterocycles. The maximum absolute atomic E-state index is 5.30. The molecule has 0 bridgehead atoms. The first kappa shape index (κ1) is 11.8. The predicted octanol–water partition coefficient (Wildman–Crippen LogP) is 4.01. The van der Waals surface area contributed by atoms with Crippen molar-refractivity contribution < 1.29 is 4.74 Å². The Hall–Kier alpha value is -2.22. The van der Waals surface area contributed by atoms with Crippen molar-refractivity contribution in [3.8, 4) is 5.75 Å². The summed E-state index contributed by atoms with van der Waals surface area (Å²) < 4.78 is 7.59. The molecule has 0 atom stereocenters. The van der Waals surface area contributed by atoms with Crippen LogP contribution in [0.5, 0.6) is 5.75 Å². The highest BCUT2D eigenvalue weighted by molar-refractivity contribution is 5.85. The molecule has 96 valence electrons. The Morgan fingerprint density at radius 2 is 1.84 bits per heavy atom. The summed E-state index contributed by atoms with van der Waals surface area (Å²) >= 11 is 0. The molecule has 0 aliphatic carbocycles. The highest BCUT2D eigenvalue weighted by Crippen LogP contribution is 2.26. The Morgan fingerprint density at radius 1 is 1.05 bits per heavy atom. The molecular weight excluding hydrogens is 234 g/mol. The summed E-state index contributed by atoms with van der Waals surface area (Å²) in [7, 11) is 1.71. The first-order valence-electron chi connectivity index (χ1n) is 6.45. The fourth-order valence-electron chi connectivity index (χ4n) is 2.49. The molecule has 3 rings (SSSR count). The average Bonchev–Trinajstić information content (AvgIpc) is 2.76. The number of benzene rings is 2. The van der Waals surface area contributed by atoms with Crippen molar-refractivity contribution in [3.63, 3.8) is 0 Å². The van der Waals surface area contributed by atoms with Crippen LogP contribution in [-0.2, 0) is 6.54 Å². The van der Waals surface area contributed by atoms with Crippen molar-refractivity contribution >= 4 is 10.9 Å². The first-order valence-corrected chi connectivity index (χ1v) is 6.45. The Kier molecular flexibility index (Phi) is 3.00. The lowest BCUT2D eigenvalue weighted by Gasteiger charge is -2.06. The fourth-order valence-corrected chi connectivity index (χ4v) is 2.49. The summed E-state index contributed by atoms with van der Waals surface area (Å²) in [5, 5.41) is 1.26. The molecule has 0 saturated heterocycles. The zero-order chi connectivity index (χ0) is 13.2. The number of fused-ring (bicyclic) bond motifs is 1. The van der Waals surface area contributed by atoms with Gasteiger partial charge < -0.3 is 9.30 Å². The molecule has 2 heteroatoms. The van der Waals surface area contributed by atoms with E-state index in [1.54, 1.807) is 7.11 Å². The van der Waals surface area contributed by atoms with Crippen LogP contribution in [0.4, 0.5) is 0 Å². The van der Waals surface area contributed by atoms with Gasteiger partial charge in [0.2, 0.25) is 0 Å². The molecule has 2 aromatic carbocycles. The van der Waals surface area contributed by atoms with Crippen LogP contribution in [0.25, 0.3) is 10.9 Å². The van der Waals surface area contributed by atoms with Crippen LogP contribution in [0, 0.1) is 6.92 Å². The molecule has 1 heterocycles. The predicted molar refractivity (Wildman–Crippen MR) is 78.8 cm³/mol. The molecule has 19 heavy (non-hydrogen) atoms. The number of nitrogens with zero attached hydrogens (tertiary/aromatic N) is 1. The van der Waals surface area contributed by atoms with E-state index in [-0.39, 0.29) is 0 Å². The number of hydrogen-bond donors (Lipinski definition) is 0. The van der Waals surface area contributed by atoms with Crippen LogP contribution in [-0.4, -0.2) is 11.7 Å². The molecule has 0 radical (unpaired) electrons. The van der Waals surface area contributed by atoms with E-state index in [2.05, 4.69) is 54.1 Å². The molecule has 0 aliphatic rings. The molecule has 0 aliphatic heterocycles. The number of aryl methyl sites for hydroxylation is 1. The van der Waals surface area contributed by atoms with Crippen LogP contribution in [0.2, 0.25) is 0 Å². The molecule has 0 saturated carbocycles. The normalized spacial score (nSPS) is 10.8. The number of ether oxygens (including phenoxy) is 1. The second-order valence-corrected chi connectivity index (χ2v) is 4.81. The second kappa shape index (κ2) is 4.81. The third kappa shape index (κ3) is 2.22. The van der Waals surface area contributed by atoms with Crippen molar-refractivity contribution in [2.45, 2.75) is 13.5 Å². The Labute approximate surface area is 113 Å². The first-order chi connectivity index (χ1) is 9.28. The average molecular weight is 251 g/mol.